The van der Waals surface area contributed by atoms with Gasteiger partial charge in [-0.1, -0.05) is 23.1 Å². The number of hydrogen-bond donors (Lipinski definition) is 1. The fourth-order valence-electron chi connectivity index (χ4n) is 1.40. The minimum absolute atomic E-state index is 0.0641. The van der Waals surface area contributed by atoms with E-state index in [0.29, 0.717) is 10.4 Å². The third-order valence-electron chi connectivity index (χ3n) is 2.19. The van der Waals surface area contributed by atoms with E-state index in [0.717, 1.165) is 4.70 Å². The zero-order valence-electron chi connectivity index (χ0n) is 8.59. The van der Waals surface area contributed by atoms with Crippen LogP contribution in [0.4, 0.5) is 0 Å². The van der Waals surface area contributed by atoms with E-state index in [1.165, 1.54) is 15.5 Å². The monoisotopic (exact) mass is 292 g/mol. The minimum atomic E-state index is -3.56. The molecule has 2 N–H and O–H groups in total. The van der Waals surface area contributed by atoms with E-state index in [-0.39, 0.29) is 17.9 Å². The zero-order valence-corrected chi connectivity index (χ0v) is 11.0. The largest absolute Gasteiger partial charge is 0.268 e. The van der Waals surface area contributed by atoms with Gasteiger partial charge in [-0.25, -0.2) is 13.6 Å². The molecule has 1 aromatic carbocycles. The topological polar surface area (TPSA) is 82.2 Å². The number of benzene rings is 1. The van der Waals surface area contributed by atoms with Gasteiger partial charge in [0.1, 0.15) is 0 Å². The Bertz CT molecular complexity index is 717. The van der Waals surface area contributed by atoms with E-state index in [1.807, 2.05) is 0 Å². The standard InChI is InChI=1S/C9H9ClN2O3S2/c10-6-1-2-7-8(5-6)16-12(9(7)13)3-4-17(11,14)15/h1-2,5H,3-4H2,(H2,11,14,15). The second-order valence-corrected chi connectivity index (χ2v) is 6.74. The summed E-state index contributed by atoms with van der Waals surface area (Å²) in [6.07, 6.45) is 0. The fraction of sp³-hybridized carbons (Fsp3) is 0.222. The summed E-state index contributed by atoms with van der Waals surface area (Å²) in [5, 5.41) is 5.97. The van der Waals surface area contributed by atoms with Crippen molar-refractivity contribution in [3.05, 3.63) is 33.6 Å². The molecule has 0 atom stereocenters. The predicted molar refractivity (Wildman–Crippen MR) is 69.1 cm³/mol. The molecule has 0 amide bonds. The molecule has 2 rings (SSSR count). The van der Waals surface area contributed by atoms with Crippen molar-refractivity contribution in [2.75, 3.05) is 5.75 Å². The molecular weight excluding hydrogens is 284 g/mol. The van der Waals surface area contributed by atoms with E-state index in [1.54, 1.807) is 18.2 Å². The van der Waals surface area contributed by atoms with Gasteiger partial charge >= 0.3 is 0 Å². The maximum Gasteiger partial charge on any atom is 0.268 e. The van der Waals surface area contributed by atoms with Crippen LogP contribution in [0.1, 0.15) is 0 Å². The Labute approximate surface area is 107 Å². The summed E-state index contributed by atoms with van der Waals surface area (Å²) in [6, 6.07) is 4.93. The number of nitrogens with two attached hydrogens (primary N) is 1. The predicted octanol–water partition coefficient (Wildman–Crippen LogP) is 1.00. The molecule has 0 aliphatic rings. The van der Waals surface area contributed by atoms with E-state index < -0.39 is 10.0 Å². The quantitative estimate of drug-likeness (QED) is 0.916. The van der Waals surface area contributed by atoms with Crippen LogP contribution >= 0.6 is 23.1 Å². The Balaban J connectivity index is 2.43. The molecule has 8 heteroatoms. The molecule has 0 aliphatic heterocycles. The van der Waals surface area contributed by atoms with Gasteiger partial charge in [-0.15, -0.1) is 0 Å². The summed E-state index contributed by atoms with van der Waals surface area (Å²) in [5.74, 6) is -0.256. The third-order valence-corrected chi connectivity index (χ3v) is 4.28. The first kappa shape index (κ1) is 12.6. The van der Waals surface area contributed by atoms with Crippen LogP contribution in [0.5, 0.6) is 0 Å². The Morgan fingerprint density at radius 2 is 2.12 bits per heavy atom. The minimum Gasteiger partial charge on any atom is -0.268 e. The van der Waals surface area contributed by atoms with Crippen molar-refractivity contribution in [1.82, 2.24) is 3.96 Å². The highest BCUT2D eigenvalue weighted by Crippen LogP contribution is 2.21. The molecule has 2 aromatic rings. The van der Waals surface area contributed by atoms with Crippen molar-refractivity contribution < 1.29 is 8.42 Å². The Morgan fingerprint density at radius 1 is 1.41 bits per heavy atom. The molecular formula is C9H9ClN2O3S2. The molecule has 5 nitrogen and oxygen atoms in total. The fourth-order valence-corrected chi connectivity index (χ4v) is 3.22. The van der Waals surface area contributed by atoms with Crippen LogP contribution in [0.3, 0.4) is 0 Å². The van der Waals surface area contributed by atoms with Gasteiger partial charge in [0.05, 0.1) is 22.4 Å². The first-order valence-corrected chi connectivity index (χ1v) is 7.53. The number of rotatable bonds is 3. The Kier molecular flexibility index (Phi) is 3.26. The lowest BCUT2D eigenvalue weighted by molar-refractivity contribution is 0.592. The third kappa shape index (κ3) is 2.86. The van der Waals surface area contributed by atoms with Gasteiger partial charge in [0, 0.05) is 5.02 Å². The molecule has 0 saturated heterocycles. The van der Waals surface area contributed by atoms with Gasteiger partial charge in [-0.2, -0.15) is 0 Å². The van der Waals surface area contributed by atoms with Gasteiger partial charge in [0.15, 0.2) is 0 Å². The van der Waals surface area contributed by atoms with Crippen LogP contribution in [0, 0.1) is 0 Å². The number of sulfonamides is 1. The summed E-state index contributed by atoms with van der Waals surface area (Å²) in [4.78, 5) is 11.9. The van der Waals surface area contributed by atoms with Crippen LogP contribution in [0.2, 0.25) is 5.02 Å². The molecule has 0 unspecified atom stereocenters. The van der Waals surface area contributed by atoms with Gasteiger partial charge in [-0.3, -0.25) is 8.75 Å². The lowest BCUT2D eigenvalue weighted by Gasteiger charge is -1.97. The van der Waals surface area contributed by atoms with E-state index >= 15 is 0 Å². The molecule has 1 aromatic heterocycles. The average Bonchev–Trinajstić information content (AvgIpc) is 2.51. The summed E-state index contributed by atoms with van der Waals surface area (Å²) in [7, 11) is -3.56. The van der Waals surface area contributed by atoms with Crippen molar-refractivity contribution in [2.45, 2.75) is 6.54 Å². The van der Waals surface area contributed by atoms with Crippen LogP contribution in [0.25, 0.3) is 10.1 Å². The number of nitrogens with zero attached hydrogens (tertiary/aromatic N) is 1. The molecule has 1 heterocycles. The maximum absolute atomic E-state index is 11.9. The Morgan fingerprint density at radius 3 is 2.76 bits per heavy atom. The highest BCUT2D eigenvalue weighted by molar-refractivity contribution is 7.89. The van der Waals surface area contributed by atoms with Crippen LogP contribution in [-0.4, -0.2) is 18.1 Å². The molecule has 92 valence electrons. The number of hydrogen-bond acceptors (Lipinski definition) is 4. The van der Waals surface area contributed by atoms with E-state index in [2.05, 4.69) is 0 Å². The molecule has 0 aliphatic carbocycles. The van der Waals surface area contributed by atoms with Gasteiger partial charge in [0.2, 0.25) is 10.0 Å². The van der Waals surface area contributed by atoms with Gasteiger partial charge in [-0.05, 0) is 18.2 Å². The van der Waals surface area contributed by atoms with Crippen LogP contribution in [-0.2, 0) is 16.6 Å². The summed E-state index contributed by atoms with van der Waals surface area (Å²) < 4.78 is 23.8. The van der Waals surface area contributed by atoms with Crippen LogP contribution < -0.4 is 10.7 Å². The molecule has 17 heavy (non-hydrogen) atoms. The summed E-state index contributed by atoms with van der Waals surface area (Å²) in [6.45, 7) is 0.0641. The van der Waals surface area contributed by atoms with Crippen molar-refractivity contribution in [3.8, 4) is 0 Å². The van der Waals surface area contributed by atoms with Crippen molar-refractivity contribution >= 4 is 43.2 Å². The summed E-state index contributed by atoms with van der Waals surface area (Å²) in [5.41, 5.74) is -0.217. The molecule has 0 radical (unpaired) electrons. The summed E-state index contributed by atoms with van der Waals surface area (Å²) >= 11 is 6.99. The second-order valence-electron chi connectivity index (χ2n) is 3.51. The number of halogens is 1. The lowest BCUT2D eigenvalue weighted by Crippen LogP contribution is -2.23. The van der Waals surface area contributed by atoms with Crippen molar-refractivity contribution in [3.63, 3.8) is 0 Å². The van der Waals surface area contributed by atoms with E-state index in [4.69, 9.17) is 16.7 Å². The average molecular weight is 293 g/mol. The highest BCUT2D eigenvalue weighted by atomic mass is 35.5. The molecule has 0 fully saturated rings. The number of fused-ring (bicyclic) bond motifs is 1. The highest BCUT2D eigenvalue weighted by Gasteiger charge is 2.10. The normalized spacial score (nSPS) is 12.1. The van der Waals surface area contributed by atoms with Gasteiger partial charge in [0.25, 0.3) is 5.56 Å². The van der Waals surface area contributed by atoms with Gasteiger partial charge < -0.3 is 0 Å². The van der Waals surface area contributed by atoms with Crippen molar-refractivity contribution in [2.24, 2.45) is 5.14 Å². The molecule has 0 spiro atoms. The first-order chi connectivity index (χ1) is 7.87. The smallest absolute Gasteiger partial charge is 0.268 e. The second kappa shape index (κ2) is 4.41. The maximum atomic E-state index is 11.9. The first-order valence-electron chi connectivity index (χ1n) is 4.67. The molecule has 0 saturated carbocycles. The number of aryl methyl sites for hydroxylation is 1. The van der Waals surface area contributed by atoms with Crippen molar-refractivity contribution in [1.29, 1.82) is 0 Å². The van der Waals surface area contributed by atoms with E-state index in [9.17, 15) is 13.2 Å². The molecule has 0 bridgehead atoms. The SMILES string of the molecule is NS(=O)(=O)CCn1sc2cc(Cl)ccc2c1=O. The zero-order chi connectivity index (χ0) is 12.6. The number of primary sulfonamides is 1. The Hall–Kier alpha value is -0.890. The lowest BCUT2D eigenvalue weighted by atomic mass is 10.3. The van der Waals surface area contributed by atoms with Crippen LogP contribution in [0.15, 0.2) is 23.0 Å². The number of aromatic nitrogens is 1.